The molecule has 0 fully saturated rings. The minimum Gasteiger partial charge on any atom is -0.396 e. The number of benzene rings is 1. The number of aliphatic hydroxyl groups excluding tert-OH is 1. The standard InChI is InChI=1S/C11H14ClNO3S/c1-8(5-14)6-17-7-9-4-10(12)2-3-11(9)13(15)16/h2-4,8,14H,5-7H2,1H3. The number of rotatable bonds is 6. The Morgan fingerprint density at radius 2 is 2.29 bits per heavy atom. The molecule has 17 heavy (non-hydrogen) atoms. The van der Waals surface area contributed by atoms with Gasteiger partial charge in [-0.3, -0.25) is 10.1 Å². The van der Waals surface area contributed by atoms with Crippen molar-refractivity contribution in [1.82, 2.24) is 0 Å². The number of nitro benzene ring substituents is 1. The van der Waals surface area contributed by atoms with Crippen LogP contribution in [0.25, 0.3) is 0 Å². The summed E-state index contributed by atoms with van der Waals surface area (Å²) in [5, 5.41) is 20.2. The van der Waals surface area contributed by atoms with E-state index >= 15 is 0 Å². The van der Waals surface area contributed by atoms with Crippen LogP contribution < -0.4 is 0 Å². The van der Waals surface area contributed by atoms with Crippen molar-refractivity contribution in [1.29, 1.82) is 0 Å². The van der Waals surface area contributed by atoms with Crippen LogP contribution in [0.5, 0.6) is 0 Å². The molecule has 1 unspecified atom stereocenters. The second kappa shape index (κ2) is 6.83. The van der Waals surface area contributed by atoms with Crippen LogP contribution >= 0.6 is 23.4 Å². The number of nitrogens with zero attached hydrogens (tertiary/aromatic N) is 1. The number of halogens is 1. The Bertz CT molecular complexity index is 400. The van der Waals surface area contributed by atoms with Crippen molar-refractivity contribution in [3.05, 3.63) is 38.9 Å². The van der Waals surface area contributed by atoms with E-state index in [-0.39, 0.29) is 18.2 Å². The zero-order chi connectivity index (χ0) is 12.8. The SMILES string of the molecule is CC(CO)CSCc1cc(Cl)ccc1[N+](=O)[O-]. The molecule has 0 heterocycles. The predicted molar refractivity (Wildman–Crippen MR) is 70.5 cm³/mol. The zero-order valence-corrected chi connectivity index (χ0v) is 11.0. The Morgan fingerprint density at radius 3 is 2.88 bits per heavy atom. The Labute approximate surface area is 109 Å². The zero-order valence-electron chi connectivity index (χ0n) is 9.43. The molecule has 1 atom stereocenters. The molecule has 1 aromatic rings. The largest absolute Gasteiger partial charge is 0.396 e. The summed E-state index contributed by atoms with van der Waals surface area (Å²) in [6.45, 7) is 2.06. The molecule has 0 aliphatic carbocycles. The molecular formula is C11H14ClNO3S. The molecule has 0 saturated heterocycles. The van der Waals surface area contributed by atoms with E-state index in [1.807, 2.05) is 6.92 Å². The van der Waals surface area contributed by atoms with Gasteiger partial charge in [0, 0.05) is 29.0 Å². The predicted octanol–water partition coefficient (Wildman–Crippen LogP) is 3.11. The number of aliphatic hydroxyl groups is 1. The molecule has 6 heteroatoms. The first-order chi connectivity index (χ1) is 8.04. The van der Waals surface area contributed by atoms with Crippen molar-refractivity contribution < 1.29 is 10.0 Å². The highest BCUT2D eigenvalue weighted by molar-refractivity contribution is 7.98. The number of thioether (sulfide) groups is 1. The van der Waals surface area contributed by atoms with E-state index in [0.29, 0.717) is 16.3 Å². The summed E-state index contributed by atoms with van der Waals surface area (Å²) in [7, 11) is 0. The smallest absolute Gasteiger partial charge is 0.273 e. The van der Waals surface area contributed by atoms with Crippen LogP contribution in [0, 0.1) is 16.0 Å². The van der Waals surface area contributed by atoms with E-state index in [9.17, 15) is 10.1 Å². The highest BCUT2D eigenvalue weighted by atomic mass is 35.5. The van der Waals surface area contributed by atoms with Crippen LogP contribution in [0.15, 0.2) is 18.2 Å². The molecule has 1 rings (SSSR count). The van der Waals surface area contributed by atoms with E-state index in [1.165, 1.54) is 12.1 Å². The number of hydrogen-bond acceptors (Lipinski definition) is 4. The molecule has 0 saturated carbocycles. The minimum absolute atomic E-state index is 0.0959. The second-order valence-corrected chi connectivity index (χ2v) is 5.30. The lowest BCUT2D eigenvalue weighted by molar-refractivity contribution is -0.385. The minimum atomic E-state index is -0.401. The Kier molecular flexibility index (Phi) is 5.74. The van der Waals surface area contributed by atoms with Gasteiger partial charge in [0.15, 0.2) is 0 Å². The van der Waals surface area contributed by atoms with Gasteiger partial charge in [-0.2, -0.15) is 11.8 Å². The molecule has 0 spiro atoms. The van der Waals surface area contributed by atoms with E-state index in [4.69, 9.17) is 16.7 Å². The fraction of sp³-hybridized carbons (Fsp3) is 0.455. The molecule has 0 aromatic heterocycles. The summed E-state index contributed by atoms with van der Waals surface area (Å²) in [4.78, 5) is 10.4. The summed E-state index contributed by atoms with van der Waals surface area (Å²) in [6.07, 6.45) is 0. The fourth-order valence-corrected chi connectivity index (χ4v) is 2.54. The van der Waals surface area contributed by atoms with Crippen LogP contribution in [0.3, 0.4) is 0 Å². The van der Waals surface area contributed by atoms with Crippen molar-refractivity contribution in [2.75, 3.05) is 12.4 Å². The van der Waals surface area contributed by atoms with E-state index < -0.39 is 4.92 Å². The number of hydrogen-bond donors (Lipinski definition) is 1. The molecule has 4 nitrogen and oxygen atoms in total. The molecular weight excluding hydrogens is 262 g/mol. The van der Waals surface area contributed by atoms with Gasteiger partial charge in [0.1, 0.15) is 0 Å². The molecule has 1 N–H and O–H groups in total. The topological polar surface area (TPSA) is 63.4 Å². The molecule has 94 valence electrons. The first-order valence-corrected chi connectivity index (χ1v) is 6.69. The lowest BCUT2D eigenvalue weighted by Gasteiger charge is -2.07. The summed E-state index contributed by atoms with van der Waals surface area (Å²) in [6, 6.07) is 4.56. The van der Waals surface area contributed by atoms with Gasteiger partial charge in [-0.05, 0) is 23.8 Å². The van der Waals surface area contributed by atoms with Gasteiger partial charge in [-0.1, -0.05) is 18.5 Å². The average Bonchev–Trinajstić information content (AvgIpc) is 2.28. The maximum atomic E-state index is 10.8. The van der Waals surface area contributed by atoms with E-state index in [0.717, 1.165) is 5.75 Å². The molecule has 0 radical (unpaired) electrons. The summed E-state index contributed by atoms with van der Waals surface area (Å²) >= 11 is 7.37. The Balaban J connectivity index is 2.68. The third-order valence-corrected chi connectivity index (χ3v) is 3.76. The third-order valence-electron chi connectivity index (χ3n) is 2.21. The Morgan fingerprint density at radius 1 is 1.59 bits per heavy atom. The third kappa shape index (κ3) is 4.53. The second-order valence-electron chi connectivity index (χ2n) is 3.83. The monoisotopic (exact) mass is 275 g/mol. The fourth-order valence-electron chi connectivity index (χ4n) is 1.27. The van der Waals surface area contributed by atoms with E-state index in [1.54, 1.807) is 17.8 Å². The van der Waals surface area contributed by atoms with Crippen molar-refractivity contribution >= 4 is 29.1 Å². The van der Waals surface area contributed by atoms with Gasteiger partial charge in [-0.15, -0.1) is 0 Å². The van der Waals surface area contributed by atoms with Crippen LogP contribution in [0.4, 0.5) is 5.69 Å². The maximum absolute atomic E-state index is 10.8. The quantitative estimate of drug-likeness (QED) is 0.640. The lowest BCUT2D eigenvalue weighted by atomic mass is 10.2. The van der Waals surface area contributed by atoms with Gasteiger partial charge in [0.2, 0.25) is 0 Å². The molecule has 0 amide bonds. The van der Waals surface area contributed by atoms with Gasteiger partial charge >= 0.3 is 0 Å². The van der Waals surface area contributed by atoms with Gasteiger partial charge < -0.3 is 5.11 Å². The first-order valence-electron chi connectivity index (χ1n) is 5.16. The normalized spacial score (nSPS) is 12.4. The van der Waals surface area contributed by atoms with Gasteiger partial charge in [0.05, 0.1) is 4.92 Å². The molecule has 1 aromatic carbocycles. The van der Waals surface area contributed by atoms with Crippen LogP contribution in [0.2, 0.25) is 5.02 Å². The first kappa shape index (κ1) is 14.3. The van der Waals surface area contributed by atoms with Crippen LogP contribution in [-0.2, 0) is 5.75 Å². The van der Waals surface area contributed by atoms with Crippen LogP contribution in [0.1, 0.15) is 12.5 Å². The van der Waals surface area contributed by atoms with Gasteiger partial charge in [0.25, 0.3) is 5.69 Å². The van der Waals surface area contributed by atoms with Crippen molar-refractivity contribution in [2.24, 2.45) is 5.92 Å². The van der Waals surface area contributed by atoms with Gasteiger partial charge in [-0.25, -0.2) is 0 Å². The summed E-state index contributed by atoms with van der Waals surface area (Å²) < 4.78 is 0. The average molecular weight is 276 g/mol. The summed E-state index contributed by atoms with van der Waals surface area (Å²) in [5.74, 6) is 1.49. The van der Waals surface area contributed by atoms with Crippen molar-refractivity contribution in [3.8, 4) is 0 Å². The highest BCUT2D eigenvalue weighted by Gasteiger charge is 2.14. The number of nitro groups is 1. The Hall–Kier alpha value is -0.780. The highest BCUT2D eigenvalue weighted by Crippen LogP contribution is 2.27. The van der Waals surface area contributed by atoms with E-state index in [2.05, 4.69) is 0 Å². The summed E-state index contributed by atoms with van der Waals surface area (Å²) in [5.41, 5.74) is 0.719. The van der Waals surface area contributed by atoms with Crippen LogP contribution in [-0.4, -0.2) is 22.4 Å². The molecule has 0 aliphatic heterocycles. The molecule has 0 bridgehead atoms. The molecule has 0 aliphatic rings. The van der Waals surface area contributed by atoms with Crippen molar-refractivity contribution in [3.63, 3.8) is 0 Å². The maximum Gasteiger partial charge on any atom is 0.273 e. The lowest BCUT2D eigenvalue weighted by Crippen LogP contribution is -2.04. The van der Waals surface area contributed by atoms with Crippen molar-refractivity contribution in [2.45, 2.75) is 12.7 Å².